The number of pyridine rings is 1. The van der Waals surface area contributed by atoms with Gasteiger partial charge in [0.25, 0.3) is 0 Å². The first kappa shape index (κ1) is 18.3. The molecule has 0 saturated carbocycles. The highest BCUT2D eigenvalue weighted by atomic mass is 32.2. The fraction of sp³-hybridized carbons (Fsp3) is 0.263. The average Bonchev–Trinajstić information content (AvgIpc) is 2.99. The van der Waals surface area contributed by atoms with Crippen molar-refractivity contribution < 1.29 is 14.6 Å². The standard InChI is InChI=1S/C19H21N3O3S/c1-4-10-22-18(21-15-6-5-9-20-12-15)26-13-19(22,23)14-7-8-16(24-2)17(11-14)25-3/h4-9,11-12,23H,1,10,13H2,2-3H3/t19-/m0/s1. The first-order valence-electron chi connectivity index (χ1n) is 8.07. The summed E-state index contributed by atoms with van der Waals surface area (Å²) in [5.41, 5.74) is 0.223. The lowest BCUT2D eigenvalue weighted by atomic mass is 10.0. The summed E-state index contributed by atoms with van der Waals surface area (Å²) < 4.78 is 10.7. The Hall–Kier alpha value is -2.51. The smallest absolute Gasteiger partial charge is 0.176 e. The van der Waals surface area contributed by atoms with Gasteiger partial charge in [-0.15, -0.1) is 6.58 Å². The maximum atomic E-state index is 11.4. The SMILES string of the molecule is C=CCN1C(=Nc2cccnc2)SC[C@]1(O)c1ccc(OC)c(OC)c1. The van der Waals surface area contributed by atoms with Gasteiger partial charge in [0.2, 0.25) is 0 Å². The van der Waals surface area contributed by atoms with Crippen LogP contribution in [0, 0.1) is 0 Å². The molecule has 3 rings (SSSR count). The zero-order valence-corrected chi connectivity index (χ0v) is 15.6. The number of benzene rings is 1. The third kappa shape index (κ3) is 3.40. The van der Waals surface area contributed by atoms with Crippen molar-refractivity contribution in [1.82, 2.24) is 9.88 Å². The summed E-state index contributed by atoms with van der Waals surface area (Å²) in [4.78, 5) is 10.6. The number of aliphatic imine (C=N–C) groups is 1. The minimum Gasteiger partial charge on any atom is -0.493 e. The lowest BCUT2D eigenvalue weighted by molar-refractivity contribution is -0.0423. The number of rotatable bonds is 6. The Morgan fingerprint density at radius 3 is 2.81 bits per heavy atom. The van der Waals surface area contributed by atoms with Gasteiger partial charge >= 0.3 is 0 Å². The molecule has 0 radical (unpaired) electrons. The van der Waals surface area contributed by atoms with E-state index in [1.165, 1.54) is 11.8 Å². The van der Waals surface area contributed by atoms with E-state index in [1.807, 2.05) is 23.1 Å². The quantitative estimate of drug-likeness (QED) is 0.787. The molecule has 1 aromatic heterocycles. The van der Waals surface area contributed by atoms with E-state index in [1.54, 1.807) is 44.8 Å². The number of aliphatic hydroxyl groups is 1. The van der Waals surface area contributed by atoms with Gasteiger partial charge in [0.05, 0.1) is 31.9 Å². The predicted molar refractivity (Wildman–Crippen MR) is 104 cm³/mol. The molecule has 2 heterocycles. The maximum absolute atomic E-state index is 11.4. The van der Waals surface area contributed by atoms with Crippen LogP contribution in [-0.2, 0) is 5.72 Å². The van der Waals surface area contributed by atoms with Gasteiger partial charge in [-0.3, -0.25) is 4.98 Å². The van der Waals surface area contributed by atoms with Crippen LogP contribution in [0.5, 0.6) is 11.5 Å². The van der Waals surface area contributed by atoms with Gasteiger partial charge in [0.15, 0.2) is 22.4 Å². The summed E-state index contributed by atoms with van der Waals surface area (Å²) in [5, 5.41) is 12.2. The molecule has 0 aliphatic carbocycles. The Balaban J connectivity index is 2.00. The number of nitrogens with zero attached hydrogens (tertiary/aromatic N) is 3. The maximum Gasteiger partial charge on any atom is 0.176 e. The normalized spacial score (nSPS) is 21.0. The van der Waals surface area contributed by atoms with Gasteiger partial charge in [0, 0.05) is 18.3 Å². The molecule has 1 aliphatic rings. The number of hydrogen-bond donors (Lipinski definition) is 1. The van der Waals surface area contributed by atoms with Gasteiger partial charge in [-0.2, -0.15) is 0 Å². The molecule has 136 valence electrons. The molecule has 1 atom stereocenters. The van der Waals surface area contributed by atoms with E-state index in [0.29, 0.717) is 29.4 Å². The molecular weight excluding hydrogens is 350 g/mol. The van der Waals surface area contributed by atoms with Crippen molar-refractivity contribution in [1.29, 1.82) is 0 Å². The summed E-state index contributed by atoms with van der Waals surface area (Å²) in [6.07, 6.45) is 5.14. The Morgan fingerprint density at radius 1 is 1.35 bits per heavy atom. The fourth-order valence-electron chi connectivity index (χ4n) is 2.78. The van der Waals surface area contributed by atoms with Gasteiger partial charge in [-0.25, -0.2) is 4.99 Å². The molecule has 1 aromatic carbocycles. The number of aromatic nitrogens is 1. The monoisotopic (exact) mass is 371 g/mol. The van der Waals surface area contributed by atoms with Crippen LogP contribution in [0.15, 0.2) is 60.4 Å². The summed E-state index contributed by atoms with van der Waals surface area (Å²) >= 11 is 1.49. The minimum absolute atomic E-state index is 0.440. The molecule has 7 heteroatoms. The average molecular weight is 371 g/mol. The van der Waals surface area contributed by atoms with E-state index in [2.05, 4.69) is 16.6 Å². The molecule has 0 spiro atoms. The molecule has 1 aliphatic heterocycles. The molecule has 26 heavy (non-hydrogen) atoms. The van der Waals surface area contributed by atoms with Gasteiger partial charge in [0.1, 0.15) is 0 Å². The van der Waals surface area contributed by atoms with Crippen LogP contribution in [-0.4, -0.2) is 46.7 Å². The molecular formula is C19H21N3O3S. The van der Waals surface area contributed by atoms with Crippen molar-refractivity contribution in [3.63, 3.8) is 0 Å². The number of amidine groups is 1. The highest BCUT2D eigenvalue weighted by Gasteiger charge is 2.44. The van der Waals surface area contributed by atoms with Crippen LogP contribution < -0.4 is 9.47 Å². The number of hydrogen-bond acceptors (Lipinski definition) is 6. The highest BCUT2D eigenvalue weighted by Crippen LogP contribution is 2.42. The third-order valence-electron chi connectivity index (χ3n) is 4.11. The Bertz CT molecular complexity index is 813. The van der Waals surface area contributed by atoms with Crippen LogP contribution in [0.1, 0.15) is 5.56 Å². The van der Waals surface area contributed by atoms with Gasteiger partial charge in [-0.1, -0.05) is 23.9 Å². The Labute approximate surface area is 157 Å². The summed E-state index contributed by atoms with van der Waals surface area (Å²) in [5.74, 6) is 1.62. The molecule has 1 fully saturated rings. The van der Waals surface area contributed by atoms with Crippen LogP contribution in [0.25, 0.3) is 0 Å². The first-order chi connectivity index (χ1) is 12.6. The van der Waals surface area contributed by atoms with Crippen LogP contribution >= 0.6 is 11.8 Å². The van der Waals surface area contributed by atoms with Crippen LogP contribution in [0.4, 0.5) is 5.69 Å². The van der Waals surface area contributed by atoms with Crippen molar-refractivity contribution in [3.8, 4) is 11.5 Å². The van der Waals surface area contributed by atoms with E-state index < -0.39 is 5.72 Å². The third-order valence-corrected chi connectivity index (χ3v) is 5.22. The van der Waals surface area contributed by atoms with Crippen molar-refractivity contribution in [2.24, 2.45) is 4.99 Å². The molecule has 0 bridgehead atoms. The van der Waals surface area contributed by atoms with Gasteiger partial charge in [-0.05, 0) is 24.3 Å². The lowest BCUT2D eigenvalue weighted by Crippen LogP contribution is -2.45. The number of ether oxygens (including phenoxy) is 2. The second-order valence-electron chi connectivity index (χ2n) is 5.68. The summed E-state index contributed by atoms with van der Waals surface area (Å²) in [6, 6.07) is 9.13. The highest BCUT2D eigenvalue weighted by molar-refractivity contribution is 8.14. The molecule has 1 saturated heterocycles. The van der Waals surface area contributed by atoms with Gasteiger partial charge < -0.3 is 19.5 Å². The zero-order chi connectivity index (χ0) is 18.6. The zero-order valence-electron chi connectivity index (χ0n) is 14.8. The van der Waals surface area contributed by atoms with Crippen molar-refractivity contribution in [3.05, 3.63) is 60.9 Å². The minimum atomic E-state index is -1.22. The van der Waals surface area contributed by atoms with E-state index in [9.17, 15) is 5.11 Å². The second-order valence-corrected chi connectivity index (χ2v) is 6.62. The fourth-order valence-corrected chi connectivity index (χ4v) is 3.99. The molecule has 1 N–H and O–H groups in total. The molecule has 0 unspecified atom stereocenters. The Kier molecular flexibility index (Phi) is 5.49. The molecule has 0 amide bonds. The summed E-state index contributed by atoms with van der Waals surface area (Å²) in [6.45, 7) is 4.27. The van der Waals surface area contributed by atoms with E-state index in [0.717, 1.165) is 10.9 Å². The predicted octanol–water partition coefficient (Wildman–Crippen LogP) is 3.17. The van der Waals surface area contributed by atoms with E-state index >= 15 is 0 Å². The van der Waals surface area contributed by atoms with Crippen molar-refractivity contribution >= 4 is 22.6 Å². The van der Waals surface area contributed by atoms with Crippen molar-refractivity contribution in [2.45, 2.75) is 5.72 Å². The summed E-state index contributed by atoms with van der Waals surface area (Å²) in [7, 11) is 3.16. The van der Waals surface area contributed by atoms with E-state index in [-0.39, 0.29) is 0 Å². The number of thioether (sulfide) groups is 1. The topological polar surface area (TPSA) is 67.2 Å². The second kappa shape index (κ2) is 7.80. The number of methoxy groups -OCH3 is 2. The van der Waals surface area contributed by atoms with E-state index in [4.69, 9.17) is 9.47 Å². The van der Waals surface area contributed by atoms with Crippen LogP contribution in [0.3, 0.4) is 0 Å². The molecule has 2 aromatic rings. The first-order valence-corrected chi connectivity index (χ1v) is 9.06. The largest absolute Gasteiger partial charge is 0.493 e. The molecule has 6 nitrogen and oxygen atoms in total. The van der Waals surface area contributed by atoms with Crippen molar-refractivity contribution in [2.75, 3.05) is 26.5 Å². The van der Waals surface area contributed by atoms with Crippen LogP contribution in [0.2, 0.25) is 0 Å². The lowest BCUT2D eigenvalue weighted by Gasteiger charge is -2.34. The Morgan fingerprint density at radius 2 is 2.15 bits per heavy atom.